The van der Waals surface area contributed by atoms with Gasteiger partial charge >= 0.3 is 0 Å². The maximum atomic E-state index is 13.1. The van der Waals surface area contributed by atoms with E-state index in [4.69, 9.17) is 9.47 Å². The predicted molar refractivity (Wildman–Crippen MR) is 110 cm³/mol. The van der Waals surface area contributed by atoms with Crippen LogP contribution in [0.25, 0.3) is 0 Å². The first-order valence-corrected chi connectivity index (χ1v) is 10.8. The molecule has 1 aliphatic heterocycles. The minimum atomic E-state index is -3.69. The van der Waals surface area contributed by atoms with Gasteiger partial charge in [0.05, 0.1) is 26.0 Å². The van der Waals surface area contributed by atoms with Gasteiger partial charge in [0.2, 0.25) is 10.0 Å². The number of aliphatic imine (C=N–C) groups is 1. The van der Waals surface area contributed by atoms with E-state index in [1.54, 1.807) is 18.3 Å². The van der Waals surface area contributed by atoms with Gasteiger partial charge in [0.15, 0.2) is 0 Å². The van der Waals surface area contributed by atoms with Crippen LogP contribution in [0, 0.1) is 0 Å². The first kappa shape index (κ1) is 20.5. The Hall–Kier alpha value is -2.22. The minimum absolute atomic E-state index is 0.142. The summed E-state index contributed by atoms with van der Waals surface area (Å²) in [4.78, 5) is 4.61. The molecule has 0 aliphatic carbocycles. The number of morpholine rings is 1. The van der Waals surface area contributed by atoms with E-state index in [1.165, 1.54) is 23.0 Å². The van der Waals surface area contributed by atoms with Crippen LogP contribution in [0.1, 0.15) is 30.9 Å². The summed E-state index contributed by atoms with van der Waals surface area (Å²) in [6, 6.07) is 13.0. The largest absolute Gasteiger partial charge is 0.497 e. The summed E-state index contributed by atoms with van der Waals surface area (Å²) in [5.74, 6) is 0.935. The van der Waals surface area contributed by atoms with Gasteiger partial charge in [0.25, 0.3) is 0 Å². The number of rotatable bonds is 6. The summed E-state index contributed by atoms with van der Waals surface area (Å²) in [7, 11) is -2.17. The lowest BCUT2D eigenvalue weighted by atomic mass is 10.0. The van der Waals surface area contributed by atoms with E-state index in [-0.39, 0.29) is 4.90 Å². The number of hydrogen-bond donors (Lipinski definition) is 0. The molecule has 0 bridgehead atoms. The van der Waals surface area contributed by atoms with E-state index in [1.807, 2.05) is 12.1 Å². The average Bonchev–Trinajstić information content (AvgIpc) is 2.73. The smallest absolute Gasteiger partial charge is 0.245 e. The first-order valence-electron chi connectivity index (χ1n) is 9.32. The van der Waals surface area contributed by atoms with Crippen LogP contribution in [0.2, 0.25) is 0 Å². The summed E-state index contributed by atoms with van der Waals surface area (Å²) in [5, 5.41) is 0. The van der Waals surface area contributed by atoms with Crippen LogP contribution in [0.3, 0.4) is 0 Å². The highest BCUT2D eigenvalue weighted by atomic mass is 32.2. The molecule has 0 amide bonds. The third-order valence-electron chi connectivity index (χ3n) is 4.71. The van der Waals surface area contributed by atoms with Gasteiger partial charge in [-0.3, -0.25) is 4.99 Å². The van der Waals surface area contributed by atoms with Gasteiger partial charge in [-0.15, -0.1) is 0 Å². The topological polar surface area (TPSA) is 68.2 Å². The van der Waals surface area contributed by atoms with Gasteiger partial charge in [-0.2, -0.15) is 4.31 Å². The van der Waals surface area contributed by atoms with Crippen molar-refractivity contribution in [3.8, 4) is 5.75 Å². The Labute approximate surface area is 166 Å². The third-order valence-corrected chi connectivity index (χ3v) is 6.64. The number of ether oxygens (including phenoxy) is 2. The highest BCUT2D eigenvalue weighted by Gasteiger charge is 2.29. The van der Waals surface area contributed by atoms with Crippen molar-refractivity contribution in [2.45, 2.75) is 24.7 Å². The van der Waals surface area contributed by atoms with Gasteiger partial charge in [0, 0.05) is 25.4 Å². The van der Waals surface area contributed by atoms with Crippen LogP contribution in [-0.2, 0) is 14.8 Å². The molecule has 0 atom stereocenters. The van der Waals surface area contributed by atoms with Crippen molar-refractivity contribution in [3.05, 3.63) is 53.6 Å². The van der Waals surface area contributed by atoms with Crippen molar-refractivity contribution in [2.75, 3.05) is 33.4 Å². The monoisotopic (exact) mass is 402 g/mol. The predicted octanol–water partition coefficient (Wildman–Crippen LogP) is 3.59. The summed E-state index contributed by atoms with van der Waals surface area (Å²) >= 11 is 0. The summed E-state index contributed by atoms with van der Waals surface area (Å²) in [6.45, 7) is 5.74. The molecule has 0 aromatic heterocycles. The van der Waals surface area contributed by atoms with Crippen molar-refractivity contribution in [1.82, 2.24) is 4.31 Å². The molecule has 6 nitrogen and oxygen atoms in total. The summed E-state index contributed by atoms with van der Waals surface area (Å²) < 4.78 is 38.2. The molecule has 2 aromatic rings. The number of benzene rings is 2. The summed E-state index contributed by atoms with van der Waals surface area (Å²) in [6.07, 6.45) is 1.68. The molecule has 0 radical (unpaired) electrons. The molecule has 28 heavy (non-hydrogen) atoms. The van der Waals surface area contributed by atoms with Crippen molar-refractivity contribution in [2.24, 2.45) is 4.99 Å². The van der Waals surface area contributed by atoms with Crippen LogP contribution < -0.4 is 4.74 Å². The van der Waals surface area contributed by atoms with Gasteiger partial charge in [-0.25, -0.2) is 8.42 Å². The molecule has 1 fully saturated rings. The standard InChI is InChI=1S/C21H26N2O4S/c1-16(2)18-6-4-17(5-7-18)15-22-20-9-8-19(26-3)14-21(20)28(24,25)23-10-12-27-13-11-23/h4-9,14-16H,10-13H2,1-3H3. The maximum absolute atomic E-state index is 13.1. The lowest BCUT2D eigenvalue weighted by molar-refractivity contribution is 0.0730. The van der Waals surface area contributed by atoms with Crippen LogP contribution in [0.4, 0.5) is 5.69 Å². The fourth-order valence-corrected chi connectivity index (χ4v) is 4.53. The Morgan fingerprint density at radius 3 is 2.39 bits per heavy atom. The molecular formula is C21H26N2O4S. The van der Waals surface area contributed by atoms with Crippen LogP contribution in [0.5, 0.6) is 5.75 Å². The SMILES string of the molecule is COc1ccc(N=Cc2ccc(C(C)C)cc2)c(S(=O)(=O)N2CCOCC2)c1. The first-order chi connectivity index (χ1) is 13.4. The molecule has 0 unspecified atom stereocenters. The van der Waals surface area contributed by atoms with Gasteiger partial charge < -0.3 is 9.47 Å². The van der Waals surface area contributed by atoms with E-state index in [0.717, 1.165) is 5.56 Å². The lowest BCUT2D eigenvalue weighted by Gasteiger charge is -2.26. The molecule has 3 rings (SSSR count). The fraction of sp³-hybridized carbons (Fsp3) is 0.381. The number of sulfonamides is 1. The van der Waals surface area contributed by atoms with Crippen LogP contribution in [-0.4, -0.2) is 52.4 Å². The van der Waals surface area contributed by atoms with Gasteiger partial charge in [0.1, 0.15) is 10.6 Å². The van der Waals surface area contributed by atoms with E-state index < -0.39 is 10.0 Å². The molecule has 7 heteroatoms. The normalized spacial score (nSPS) is 16.0. The number of nitrogens with zero attached hydrogens (tertiary/aromatic N) is 2. The molecule has 1 heterocycles. The molecule has 0 spiro atoms. The maximum Gasteiger partial charge on any atom is 0.245 e. The van der Waals surface area contributed by atoms with Crippen molar-refractivity contribution in [1.29, 1.82) is 0 Å². The van der Waals surface area contributed by atoms with Crippen molar-refractivity contribution in [3.63, 3.8) is 0 Å². The van der Waals surface area contributed by atoms with E-state index in [0.29, 0.717) is 43.7 Å². The van der Waals surface area contributed by atoms with Crippen LogP contribution >= 0.6 is 0 Å². The highest BCUT2D eigenvalue weighted by molar-refractivity contribution is 7.89. The Bertz CT molecular complexity index is 931. The lowest BCUT2D eigenvalue weighted by Crippen LogP contribution is -2.40. The zero-order valence-electron chi connectivity index (χ0n) is 16.5. The second-order valence-corrected chi connectivity index (χ2v) is 8.84. The molecule has 1 aliphatic rings. The Morgan fingerprint density at radius 1 is 1.11 bits per heavy atom. The molecule has 1 saturated heterocycles. The zero-order chi connectivity index (χ0) is 20.1. The minimum Gasteiger partial charge on any atom is -0.497 e. The molecule has 2 aromatic carbocycles. The van der Waals surface area contributed by atoms with Crippen molar-refractivity contribution >= 4 is 21.9 Å². The number of hydrogen-bond acceptors (Lipinski definition) is 5. The number of methoxy groups -OCH3 is 1. The Morgan fingerprint density at radius 2 is 1.79 bits per heavy atom. The molecule has 150 valence electrons. The summed E-state index contributed by atoms with van der Waals surface area (Å²) in [5.41, 5.74) is 2.55. The van der Waals surface area contributed by atoms with Gasteiger partial charge in [-0.1, -0.05) is 38.1 Å². The van der Waals surface area contributed by atoms with Crippen molar-refractivity contribution < 1.29 is 17.9 Å². The molecule has 0 saturated carbocycles. The van der Waals surface area contributed by atoms with Gasteiger partial charge in [-0.05, 0) is 29.2 Å². The second-order valence-electron chi connectivity index (χ2n) is 6.93. The van der Waals surface area contributed by atoms with Crippen LogP contribution in [0.15, 0.2) is 52.4 Å². The Kier molecular flexibility index (Phi) is 6.49. The van der Waals surface area contributed by atoms with E-state index in [9.17, 15) is 8.42 Å². The molecular weight excluding hydrogens is 376 g/mol. The zero-order valence-corrected chi connectivity index (χ0v) is 17.3. The fourth-order valence-electron chi connectivity index (χ4n) is 2.97. The highest BCUT2D eigenvalue weighted by Crippen LogP contribution is 2.31. The third kappa shape index (κ3) is 4.60. The molecule has 0 N–H and O–H groups in total. The Balaban J connectivity index is 1.94. The second kappa shape index (κ2) is 8.86. The average molecular weight is 403 g/mol. The quantitative estimate of drug-likeness (QED) is 0.693. The van der Waals surface area contributed by atoms with E-state index in [2.05, 4.69) is 31.0 Å². The van der Waals surface area contributed by atoms with E-state index >= 15 is 0 Å².